The van der Waals surface area contributed by atoms with Crippen LogP contribution in [-0.2, 0) is 0 Å². The van der Waals surface area contributed by atoms with E-state index < -0.39 is 0 Å². The molecule has 0 fully saturated rings. The summed E-state index contributed by atoms with van der Waals surface area (Å²) in [5.74, 6) is 0.875. The average Bonchev–Trinajstić information content (AvgIpc) is 2.47. The fourth-order valence-corrected chi connectivity index (χ4v) is 2.47. The van der Waals surface area contributed by atoms with Crippen LogP contribution in [0.5, 0.6) is 17.2 Å². The second kappa shape index (κ2) is 4.78. The number of ether oxygens (including phenoxy) is 1. The summed E-state index contributed by atoms with van der Waals surface area (Å²) >= 11 is 0. The van der Waals surface area contributed by atoms with E-state index in [0.717, 1.165) is 22.1 Å². The Hall–Kier alpha value is -2.68. The molecule has 0 aromatic heterocycles. The first-order chi connectivity index (χ1) is 9.72. The van der Waals surface area contributed by atoms with Crippen LogP contribution in [0, 0.1) is 0 Å². The SMILES string of the molecule is COc1ccc(-c2c(O)cccc2O)c2ccccc12. The van der Waals surface area contributed by atoms with Gasteiger partial charge in [-0.05, 0) is 35.2 Å². The van der Waals surface area contributed by atoms with E-state index in [2.05, 4.69) is 0 Å². The van der Waals surface area contributed by atoms with Crippen molar-refractivity contribution in [2.24, 2.45) is 0 Å². The van der Waals surface area contributed by atoms with E-state index in [1.165, 1.54) is 0 Å². The maximum atomic E-state index is 10.0. The fraction of sp³-hybridized carbons (Fsp3) is 0.0588. The van der Waals surface area contributed by atoms with Gasteiger partial charge in [-0.15, -0.1) is 0 Å². The Morgan fingerprint density at radius 3 is 2.05 bits per heavy atom. The minimum Gasteiger partial charge on any atom is -0.507 e. The Morgan fingerprint density at radius 1 is 0.750 bits per heavy atom. The quantitative estimate of drug-likeness (QED) is 0.739. The lowest BCUT2D eigenvalue weighted by atomic mass is 9.96. The Kier molecular flexibility index (Phi) is 2.95. The van der Waals surface area contributed by atoms with E-state index in [1.807, 2.05) is 36.4 Å². The lowest BCUT2D eigenvalue weighted by Gasteiger charge is -2.12. The van der Waals surface area contributed by atoms with Gasteiger partial charge < -0.3 is 14.9 Å². The molecule has 0 saturated carbocycles. The molecule has 2 N–H and O–H groups in total. The highest BCUT2D eigenvalue weighted by Crippen LogP contribution is 2.42. The molecule has 0 heterocycles. The Labute approximate surface area is 116 Å². The van der Waals surface area contributed by atoms with Crippen LogP contribution in [0.4, 0.5) is 0 Å². The van der Waals surface area contributed by atoms with Gasteiger partial charge in [0.2, 0.25) is 0 Å². The van der Waals surface area contributed by atoms with Crippen molar-refractivity contribution in [1.29, 1.82) is 0 Å². The van der Waals surface area contributed by atoms with Gasteiger partial charge in [0.15, 0.2) is 0 Å². The summed E-state index contributed by atoms with van der Waals surface area (Å²) in [5.41, 5.74) is 1.21. The van der Waals surface area contributed by atoms with Crippen LogP contribution < -0.4 is 4.74 Å². The van der Waals surface area contributed by atoms with Gasteiger partial charge in [0.05, 0.1) is 12.7 Å². The molecule has 0 aliphatic carbocycles. The third kappa shape index (κ3) is 1.84. The van der Waals surface area contributed by atoms with Crippen molar-refractivity contribution in [1.82, 2.24) is 0 Å². The number of phenols is 2. The molecule has 0 aliphatic heterocycles. The number of hydrogen-bond acceptors (Lipinski definition) is 3. The zero-order valence-electron chi connectivity index (χ0n) is 11.0. The molecule has 0 bridgehead atoms. The smallest absolute Gasteiger partial charge is 0.127 e. The van der Waals surface area contributed by atoms with Gasteiger partial charge in [-0.25, -0.2) is 0 Å². The van der Waals surface area contributed by atoms with Gasteiger partial charge in [-0.2, -0.15) is 0 Å². The van der Waals surface area contributed by atoms with Gasteiger partial charge in [-0.3, -0.25) is 0 Å². The third-order valence-corrected chi connectivity index (χ3v) is 3.39. The predicted molar refractivity (Wildman–Crippen MR) is 79.3 cm³/mol. The molecule has 100 valence electrons. The zero-order chi connectivity index (χ0) is 14.1. The van der Waals surface area contributed by atoms with Crippen LogP contribution in [0.3, 0.4) is 0 Å². The van der Waals surface area contributed by atoms with Crippen molar-refractivity contribution in [3.8, 4) is 28.4 Å². The van der Waals surface area contributed by atoms with Crippen molar-refractivity contribution >= 4 is 10.8 Å². The Morgan fingerprint density at radius 2 is 1.40 bits per heavy atom. The lowest BCUT2D eigenvalue weighted by molar-refractivity contribution is 0.420. The number of fused-ring (bicyclic) bond motifs is 1. The number of phenolic OH excluding ortho intramolecular Hbond substituents is 2. The van der Waals surface area contributed by atoms with E-state index in [1.54, 1.807) is 25.3 Å². The standard InChI is InChI=1S/C17H14O3/c1-20-16-10-9-13(11-5-2-3-6-12(11)16)17-14(18)7-4-8-15(17)19/h2-10,18-19H,1H3. The predicted octanol–water partition coefficient (Wildman–Crippen LogP) is 3.93. The lowest BCUT2D eigenvalue weighted by Crippen LogP contribution is -1.88. The van der Waals surface area contributed by atoms with E-state index in [4.69, 9.17) is 4.74 Å². The van der Waals surface area contributed by atoms with E-state index in [9.17, 15) is 10.2 Å². The highest BCUT2D eigenvalue weighted by molar-refractivity contribution is 6.02. The molecule has 3 nitrogen and oxygen atoms in total. The molecule has 0 radical (unpaired) electrons. The minimum absolute atomic E-state index is 0.0559. The summed E-state index contributed by atoms with van der Waals surface area (Å²) in [6.07, 6.45) is 0. The van der Waals surface area contributed by atoms with Crippen molar-refractivity contribution in [2.75, 3.05) is 7.11 Å². The molecular formula is C17H14O3. The van der Waals surface area contributed by atoms with Crippen molar-refractivity contribution < 1.29 is 14.9 Å². The molecule has 3 aromatic carbocycles. The van der Waals surface area contributed by atoms with Crippen molar-refractivity contribution in [3.63, 3.8) is 0 Å². The van der Waals surface area contributed by atoms with E-state index in [-0.39, 0.29) is 11.5 Å². The van der Waals surface area contributed by atoms with Crippen LogP contribution in [0.25, 0.3) is 21.9 Å². The first-order valence-corrected chi connectivity index (χ1v) is 6.29. The summed E-state index contributed by atoms with van der Waals surface area (Å²) < 4.78 is 5.35. The molecule has 0 atom stereocenters. The number of aromatic hydroxyl groups is 2. The largest absolute Gasteiger partial charge is 0.507 e. The molecule has 3 heteroatoms. The molecule has 3 rings (SSSR count). The Bertz CT molecular complexity index is 758. The highest BCUT2D eigenvalue weighted by atomic mass is 16.5. The molecule has 20 heavy (non-hydrogen) atoms. The van der Waals surface area contributed by atoms with Crippen LogP contribution >= 0.6 is 0 Å². The van der Waals surface area contributed by atoms with Gasteiger partial charge >= 0.3 is 0 Å². The monoisotopic (exact) mass is 266 g/mol. The maximum Gasteiger partial charge on any atom is 0.127 e. The molecule has 0 aliphatic rings. The topological polar surface area (TPSA) is 49.7 Å². The normalized spacial score (nSPS) is 10.7. The molecule has 0 unspecified atom stereocenters. The summed E-state index contributed by atoms with van der Waals surface area (Å²) in [7, 11) is 1.62. The first-order valence-electron chi connectivity index (χ1n) is 6.29. The number of methoxy groups -OCH3 is 1. The summed E-state index contributed by atoms with van der Waals surface area (Å²) in [6, 6.07) is 16.2. The fourth-order valence-electron chi connectivity index (χ4n) is 2.47. The van der Waals surface area contributed by atoms with Crippen molar-refractivity contribution in [2.45, 2.75) is 0 Å². The third-order valence-electron chi connectivity index (χ3n) is 3.39. The number of rotatable bonds is 2. The minimum atomic E-state index is 0.0559. The van der Waals surface area contributed by atoms with Crippen LogP contribution in [0.1, 0.15) is 0 Å². The summed E-state index contributed by atoms with van der Waals surface area (Å²) in [4.78, 5) is 0. The molecular weight excluding hydrogens is 252 g/mol. The Balaban J connectivity index is 2.38. The van der Waals surface area contributed by atoms with Crippen LogP contribution in [0.2, 0.25) is 0 Å². The first kappa shape index (κ1) is 12.4. The zero-order valence-corrected chi connectivity index (χ0v) is 11.0. The van der Waals surface area contributed by atoms with Gasteiger partial charge in [-0.1, -0.05) is 30.3 Å². The molecule has 3 aromatic rings. The van der Waals surface area contributed by atoms with Crippen molar-refractivity contribution in [3.05, 3.63) is 54.6 Å². The van der Waals surface area contributed by atoms with E-state index >= 15 is 0 Å². The summed E-state index contributed by atoms with van der Waals surface area (Å²) in [5, 5.41) is 21.9. The summed E-state index contributed by atoms with van der Waals surface area (Å²) in [6.45, 7) is 0. The van der Waals surface area contributed by atoms with E-state index in [0.29, 0.717) is 5.56 Å². The second-order valence-corrected chi connectivity index (χ2v) is 4.53. The molecule has 0 amide bonds. The average molecular weight is 266 g/mol. The maximum absolute atomic E-state index is 10.0. The number of benzene rings is 3. The van der Waals surface area contributed by atoms with Gasteiger partial charge in [0.25, 0.3) is 0 Å². The van der Waals surface area contributed by atoms with Crippen LogP contribution in [-0.4, -0.2) is 17.3 Å². The van der Waals surface area contributed by atoms with Gasteiger partial charge in [0.1, 0.15) is 17.2 Å². The second-order valence-electron chi connectivity index (χ2n) is 4.53. The van der Waals surface area contributed by atoms with Gasteiger partial charge in [0, 0.05) is 5.39 Å². The van der Waals surface area contributed by atoms with Crippen LogP contribution in [0.15, 0.2) is 54.6 Å². The number of hydrogen-bond donors (Lipinski definition) is 2. The molecule has 0 saturated heterocycles. The highest BCUT2D eigenvalue weighted by Gasteiger charge is 2.14. The molecule has 0 spiro atoms.